The Morgan fingerprint density at radius 1 is 1.50 bits per heavy atom. The maximum atomic E-state index is 10.9. The topological polar surface area (TPSA) is 68.0 Å². The number of hydrogen-bond donors (Lipinski definition) is 1. The third-order valence-electron chi connectivity index (χ3n) is 2.24. The van der Waals surface area contributed by atoms with E-state index in [9.17, 15) is 4.79 Å². The Labute approximate surface area is 96.3 Å². The fraction of sp³-hybridized carbons (Fsp3) is 0.100. The first kappa shape index (κ1) is 10.6. The number of carboxylic acids is 1. The molecule has 0 radical (unpaired) electrons. The summed E-state index contributed by atoms with van der Waals surface area (Å²) in [5, 5.41) is 16.8. The van der Waals surface area contributed by atoms with Crippen molar-refractivity contribution in [2.24, 2.45) is 0 Å². The zero-order chi connectivity index (χ0) is 11.7. The minimum absolute atomic E-state index is 0.00497. The van der Waals surface area contributed by atoms with Gasteiger partial charge in [0.1, 0.15) is 0 Å². The van der Waals surface area contributed by atoms with Gasteiger partial charge in [-0.2, -0.15) is 0 Å². The highest BCUT2D eigenvalue weighted by molar-refractivity contribution is 6.31. The van der Waals surface area contributed by atoms with E-state index >= 15 is 0 Å². The maximum Gasteiger partial charge on any atom is 0.356 e. The molecule has 0 bridgehead atoms. The average molecular weight is 238 g/mol. The molecule has 0 amide bonds. The van der Waals surface area contributed by atoms with E-state index in [1.165, 1.54) is 10.9 Å². The van der Waals surface area contributed by atoms with Crippen LogP contribution in [0.25, 0.3) is 5.69 Å². The van der Waals surface area contributed by atoms with E-state index in [2.05, 4.69) is 10.3 Å². The zero-order valence-electron chi connectivity index (χ0n) is 8.38. The molecule has 6 heteroatoms. The van der Waals surface area contributed by atoms with Crippen molar-refractivity contribution in [3.05, 3.63) is 40.7 Å². The Morgan fingerprint density at radius 2 is 2.25 bits per heavy atom. The number of rotatable bonds is 2. The van der Waals surface area contributed by atoms with Gasteiger partial charge in [0.05, 0.1) is 11.9 Å². The molecular formula is C10H8ClN3O2. The second-order valence-corrected chi connectivity index (χ2v) is 3.63. The summed E-state index contributed by atoms with van der Waals surface area (Å²) in [5.41, 5.74) is 1.38. The molecule has 16 heavy (non-hydrogen) atoms. The highest BCUT2D eigenvalue weighted by Crippen LogP contribution is 2.22. The second kappa shape index (κ2) is 3.94. The first-order valence-corrected chi connectivity index (χ1v) is 4.88. The van der Waals surface area contributed by atoms with Crippen molar-refractivity contribution in [2.45, 2.75) is 6.92 Å². The molecule has 1 aromatic heterocycles. The summed E-state index contributed by atoms with van der Waals surface area (Å²) in [4.78, 5) is 10.9. The van der Waals surface area contributed by atoms with Crippen molar-refractivity contribution in [2.75, 3.05) is 0 Å². The lowest BCUT2D eigenvalue weighted by Gasteiger charge is -2.07. The van der Waals surface area contributed by atoms with E-state index in [-0.39, 0.29) is 5.69 Å². The normalized spacial score (nSPS) is 10.4. The Bertz CT molecular complexity index is 551. The molecule has 0 unspecified atom stereocenters. The highest BCUT2D eigenvalue weighted by Gasteiger charge is 2.15. The number of nitrogens with zero attached hydrogens (tertiary/aromatic N) is 3. The third-order valence-corrected chi connectivity index (χ3v) is 2.65. The van der Waals surface area contributed by atoms with Gasteiger partial charge in [-0.15, -0.1) is 5.10 Å². The van der Waals surface area contributed by atoms with Crippen LogP contribution in [-0.2, 0) is 0 Å². The molecule has 0 atom stereocenters. The van der Waals surface area contributed by atoms with E-state index in [0.29, 0.717) is 10.7 Å². The molecule has 0 saturated heterocycles. The summed E-state index contributed by atoms with van der Waals surface area (Å²) < 4.78 is 1.25. The van der Waals surface area contributed by atoms with Gasteiger partial charge in [-0.3, -0.25) is 0 Å². The van der Waals surface area contributed by atoms with Gasteiger partial charge in [-0.1, -0.05) is 22.9 Å². The summed E-state index contributed by atoms with van der Waals surface area (Å²) in [6.07, 6.45) is 1.20. The van der Waals surface area contributed by atoms with E-state index in [4.69, 9.17) is 16.7 Å². The van der Waals surface area contributed by atoms with Gasteiger partial charge in [-0.25, -0.2) is 9.48 Å². The molecule has 0 aliphatic carbocycles. The van der Waals surface area contributed by atoms with Crippen molar-refractivity contribution in [3.8, 4) is 5.69 Å². The van der Waals surface area contributed by atoms with Crippen molar-refractivity contribution in [3.63, 3.8) is 0 Å². The molecule has 0 aliphatic heterocycles. The zero-order valence-corrected chi connectivity index (χ0v) is 9.14. The summed E-state index contributed by atoms with van der Waals surface area (Å²) >= 11 is 5.95. The Morgan fingerprint density at radius 3 is 2.94 bits per heavy atom. The monoisotopic (exact) mass is 237 g/mol. The fourth-order valence-corrected chi connectivity index (χ4v) is 1.55. The molecule has 5 nitrogen and oxygen atoms in total. The SMILES string of the molecule is Cc1c(Cl)cccc1-n1nncc1C(=O)O. The van der Waals surface area contributed by atoms with Crippen molar-refractivity contribution in [1.29, 1.82) is 0 Å². The van der Waals surface area contributed by atoms with Crippen LogP contribution in [0.1, 0.15) is 16.1 Å². The van der Waals surface area contributed by atoms with E-state index in [1.54, 1.807) is 25.1 Å². The van der Waals surface area contributed by atoms with Crippen LogP contribution < -0.4 is 0 Å². The van der Waals surface area contributed by atoms with Crippen molar-refractivity contribution in [1.82, 2.24) is 15.0 Å². The van der Waals surface area contributed by atoms with Gasteiger partial charge in [-0.05, 0) is 24.6 Å². The number of hydrogen-bond acceptors (Lipinski definition) is 3. The molecule has 0 aliphatic rings. The molecule has 1 N–H and O–H groups in total. The first-order chi connectivity index (χ1) is 7.61. The van der Waals surface area contributed by atoms with Crippen LogP contribution in [0.15, 0.2) is 24.4 Å². The number of halogens is 1. The Hall–Kier alpha value is -1.88. The summed E-state index contributed by atoms with van der Waals surface area (Å²) in [6, 6.07) is 5.21. The van der Waals surface area contributed by atoms with Crippen LogP contribution >= 0.6 is 11.6 Å². The maximum absolute atomic E-state index is 10.9. The standard InChI is InChI=1S/C10H8ClN3O2/c1-6-7(11)3-2-4-8(6)14-9(10(15)16)5-12-13-14/h2-5H,1H3,(H,15,16). The minimum atomic E-state index is -1.08. The number of carbonyl (C=O) groups is 1. The number of aromatic carboxylic acids is 1. The predicted octanol–water partition coefficient (Wildman–Crippen LogP) is 1.93. The van der Waals surface area contributed by atoms with Gasteiger partial charge in [0.25, 0.3) is 0 Å². The van der Waals surface area contributed by atoms with Gasteiger partial charge in [0.2, 0.25) is 0 Å². The van der Waals surface area contributed by atoms with Gasteiger partial charge in [0, 0.05) is 5.02 Å². The van der Waals surface area contributed by atoms with Gasteiger partial charge < -0.3 is 5.11 Å². The molecule has 1 aromatic carbocycles. The summed E-state index contributed by atoms with van der Waals surface area (Å²) in [7, 11) is 0. The fourth-order valence-electron chi connectivity index (χ4n) is 1.38. The van der Waals surface area contributed by atoms with E-state index in [1.807, 2.05) is 0 Å². The Kier molecular flexibility index (Phi) is 2.62. The van der Waals surface area contributed by atoms with E-state index < -0.39 is 5.97 Å². The summed E-state index contributed by atoms with van der Waals surface area (Å²) in [6.45, 7) is 1.80. The van der Waals surface area contributed by atoms with Crippen LogP contribution in [0.2, 0.25) is 5.02 Å². The average Bonchev–Trinajstić information content (AvgIpc) is 2.70. The lowest BCUT2D eigenvalue weighted by atomic mass is 10.2. The minimum Gasteiger partial charge on any atom is -0.476 e. The molecule has 0 spiro atoms. The molecule has 0 fully saturated rings. The van der Waals surface area contributed by atoms with Crippen LogP contribution in [0.3, 0.4) is 0 Å². The number of benzene rings is 1. The molecule has 0 saturated carbocycles. The lowest BCUT2D eigenvalue weighted by molar-refractivity contribution is 0.0687. The molecule has 2 aromatic rings. The lowest BCUT2D eigenvalue weighted by Crippen LogP contribution is -2.09. The molecule has 2 rings (SSSR count). The number of aromatic nitrogens is 3. The third kappa shape index (κ3) is 1.65. The molecule has 1 heterocycles. The smallest absolute Gasteiger partial charge is 0.356 e. The van der Waals surface area contributed by atoms with Gasteiger partial charge >= 0.3 is 5.97 Å². The predicted molar refractivity (Wildman–Crippen MR) is 58.1 cm³/mol. The molecule has 82 valence electrons. The quantitative estimate of drug-likeness (QED) is 0.867. The van der Waals surface area contributed by atoms with Crippen LogP contribution in [0.5, 0.6) is 0 Å². The van der Waals surface area contributed by atoms with Gasteiger partial charge in [0.15, 0.2) is 5.69 Å². The Balaban J connectivity index is 2.63. The largest absolute Gasteiger partial charge is 0.476 e. The number of carboxylic acid groups (broad SMARTS) is 1. The van der Waals surface area contributed by atoms with Crippen LogP contribution in [0, 0.1) is 6.92 Å². The first-order valence-electron chi connectivity index (χ1n) is 4.50. The highest BCUT2D eigenvalue weighted by atomic mass is 35.5. The van der Waals surface area contributed by atoms with Crippen LogP contribution in [0.4, 0.5) is 0 Å². The molecular weight excluding hydrogens is 230 g/mol. The van der Waals surface area contributed by atoms with E-state index in [0.717, 1.165) is 5.56 Å². The summed E-state index contributed by atoms with van der Waals surface area (Å²) in [5.74, 6) is -1.08. The van der Waals surface area contributed by atoms with Crippen LogP contribution in [-0.4, -0.2) is 26.1 Å². The van der Waals surface area contributed by atoms with Crippen molar-refractivity contribution >= 4 is 17.6 Å². The second-order valence-electron chi connectivity index (χ2n) is 3.22. The van der Waals surface area contributed by atoms with Crippen molar-refractivity contribution < 1.29 is 9.90 Å².